The summed E-state index contributed by atoms with van der Waals surface area (Å²) in [7, 11) is 0. The number of carbonyl (C=O) groups excluding carboxylic acids is 2. The van der Waals surface area contributed by atoms with Crippen molar-refractivity contribution >= 4 is 23.2 Å². The molecule has 2 amide bonds. The highest BCUT2D eigenvalue weighted by molar-refractivity contribution is 6.00. The third kappa shape index (κ3) is 3.47. The Hall–Kier alpha value is -2.89. The minimum Gasteiger partial charge on any atom is -0.374 e. The summed E-state index contributed by atoms with van der Waals surface area (Å²) in [5.74, 6) is -1.11. The lowest BCUT2D eigenvalue weighted by Crippen LogP contribution is -2.48. The maximum absolute atomic E-state index is 14.0. The van der Waals surface area contributed by atoms with Crippen LogP contribution in [0.4, 0.5) is 15.8 Å². The number of carbonyl (C=O) groups is 2. The standard InChI is InChI=1S/C19H20FN3O2/c1-12-8-9-13(11-14(12)18(21)24)22-16-6-4-10-23(19(16)25)17-7-3-2-5-15(17)20/h2-3,5,7-9,11,16,22H,4,6,10H2,1H3,(H2,21,24). The van der Waals surface area contributed by atoms with Crippen molar-refractivity contribution in [1.29, 1.82) is 0 Å². The van der Waals surface area contributed by atoms with Crippen molar-refractivity contribution in [2.75, 3.05) is 16.8 Å². The monoisotopic (exact) mass is 341 g/mol. The molecule has 1 saturated heterocycles. The van der Waals surface area contributed by atoms with Crippen LogP contribution in [0.15, 0.2) is 42.5 Å². The van der Waals surface area contributed by atoms with Crippen LogP contribution < -0.4 is 16.0 Å². The number of para-hydroxylation sites is 1. The van der Waals surface area contributed by atoms with Crippen LogP contribution in [-0.4, -0.2) is 24.4 Å². The van der Waals surface area contributed by atoms with Crippen LogP contribution in [0.3, 0.4) is 0 Å². The van der Waals surface area contributed by atoms with Crippen molar-refractivity contribution in [2.24, 2.45) is 5.73 Å². The molecule has 2 aromatic carbocycles. The fourth-order valence-electron chi connectivity index (χ4n) is 3.10. The molecule has 2 aromatic rings. The Balaban J connectivity index is 1.82. The molecule has 1 aliphatic heterocycles. The van der Waals surface area contributed by atoms with Gasteiger partial charge in [0, 0.05) is 17.8 Å². The van der Waals surface area contributed by atoms with Gasteiger partial charge in [0.25, 0.3) is 0 Å². The number of hydrogen-bond acceptors (Lipinski definition) is 3. The number of rotatable bonds is 4. The van der Waals surface area contributed by atoms with E-state index in [1.165, 1.54) is 11.0 Å². The van der Waals surface area contributed by atoms with Crippen LogP contribution in [0.5, 0.6) is 0 Å². The van der Waals surface area contributed by atoms with E-state index in [4.69, 9.17) is 5.73 Å². The number of piperidine rings is 1. The zero-order valence-corrected chi connectivity index (χ0v) is 14.0. The van der Waals surface area contributed by atoms with E-state index in [-0.39, 0.29) is 5.91 Å². The molecule has 0 aromatic heterocycles. The molecule has 6 heteroatoms. The smallest absolute Gasteiger partial charge is 0.249 e. The fourth-order valence-corrected chi connectivity index (χ4v) is 3.10. The molecule has 0 bridgehead atoms. The van der Waals surface area contributed by atoms with Gasteiger partial charge in [0.05, 0.1) is 5.69 Å². The highest BCUT2D eigenvalue weighted by Gasteiger charge is 2.31. The first kappa shape index (κ1) is 17.0. The third-order valence-corrected chi connectivity index (χ3v) is 4.43. The van der Waals surface area contributed by atoms with Gasteiger partial charge in [-0.15, -0.1) is 0 Å². The normalized spacial score (nSPS) is 17.4. The molecule has 25 heavy (non-hydrogen) atoms. The molecular formula is C19H20FN3O2. The summed E-state index contributed by atoms with van der Waals surface area (Å²) < 4.78 is 14.0. The van der Waals surface area contributed by atoms with E-state index in [0.29, 0.717) is 29.9 Å². The molecule has 1 unspecified atom stereocenters. The zero-order valence-electron chi connectivity index (χ0n) is 14.0. The highest BCUT2D eigenvalue weighted by Crippen LogP contribution is 2.26. The Bertz CT molecular complexity index is 822. The fraction of sp³-hybridized carbons (Fsp3) is 0.263. The van der Waals surface area contributed by atoms with Gasteiger partial charge in [0.1, 0.15) is 11.9 Å². The summed E-state index contributed by atoms with van der Waals surface area (Å²) in [5, 5.41) is 3.15. The van der Waals surface area contributed by atoms with Crippen molar-refractivity contribution in [3.8, 4) is 0 Å². The number of hydrogen-bond donors (Lipinski definition) is 2. The molecule has 1 atom stereocenters. The van der Waals surface area contributed by atoms with E-state index in [9.17, 15) is 14.0 Å². The highest BCUT2D eigenvalue weighted by atomic mass is 19.1. The molecule has 1 aliphatic rings. The van der Waals surface area contributed by atoms with Gasteiger partial charge in [-0.2, -0.15) is 0 Å². The van der Waals surface area contributed by atoms with E-state index >= 15 is 0 Å². The van der Waals surface area contributed by atoms with Crippen LogP contribution in [0.1, 0.15) is 28.8 Å². The van der Waals surface area contributed by atoms with Gasteiger partial charge in [-0.05, 0) is 49.6 Å². The molecule has 1 fully saturated rings. The second-order valence-electron chi connectivity index (χ2n) is 6.17. The summed E-state index contributed by atoms with van der Waals surface area (Å²) in [5.41, 5.74) is 7.51. The third-order valence-electron chi connectivity index (χ3n) is 4.43. The SMILES string of the molecule is Cc1ccc(NC2CCCN(c3ccccc3F)C2=O)cc1C(N)=O. The quantitative estimate of drug-likeness (QED) is 0.898. The molecule has 3 N–H and O–H groups in total. The van der Waals surface area contributed by atoms with E-state index in [2.05, 4.69) is 5.32 Å². The van der Waals surface area contributed by atoms with E-state index in [1.54, 1.807) is 43.3 Å². The van der Waals surface area contributed by atoms with Gasteiger partial charge in [-0.1, -0.05) is 18.2 Å². The zero-order chi connectivity index (χ0) is 18.0. The number of aryl methyl sites for hydroxylation is 1. The number of halogens is 1. The lowest BCUT2D eigenvalue weighted by Gasteiger charge is -2.33. The van der Waals surface area contributed by atoms with Gasteiger partial charge < -0.3 is 16.0 Å². The Morgan fingerprint density at radius 3 is 2.76 bits per heavy atom. The van der Waals surface area contributed by atoms with Crippen LogP contribution in [-0.2, 0) is 4.79 Å². The molecule has 5 nitrogen and oxygen atoms in total. The molecule has 1 heterocycles. The topological polar surface area (TPSA) is 75.4 Å². The van der Waals surface area contributed by atoms with Gasteiger partial charge in [-0.3, -0.25) is 9.59 Å². The van der Waals surface area contributed by atoms with Gasteiger partial charge in [0.2, 0.25) is 11.8 Å². The summed E-state index contributed by atoms with van der Waals surface area (Å²) in [6.45, 7) is 2.29. The lowest BCUT2D eigenvalue weighted by molar-refractivity contribution is -0.120. The first-order valence-corrected chi connectivity index (χ1v) is 8.20. The Morgan fingerprint density at radius 2 is 2.04 bits per heavy atom. The Morgan fingerprint density at radius 1 is 1.28 bits per heavy atom. The second kappa shape index (κ2) is 6.93. The minimum absolute atomic E-state index is 0.183. The first-order valence-electron chi connectivity index (χ1n) is 8.20. The lowest BCUT2D eigenvalue weighted by atomic mass is 10.0. The van der Waals surface area contributed by atoms with Gasteiger partial charge >= 0.3 is 0 Å². The molecule has 0 aliphatic carbocycles. The maximum atomic E-state index is 14.0. The summed E-state index contributed by atoms with van der Waals surface area (Å²) in [6.07, 6.45) is 1.40. The predicted molar refractivity (Wildman–Crippen MR) is 95.1 cm³/mol. The summed E-state index contributed by atoms with van der Waals surface area (Å²) in [4.78, 5) is 25.7. The summed E-state index contributed by atoms with van der Waals surface area (Å²) >= 11 is 0. The van der Waals surface area contributed by atoms with Crippen LogP contribution in [0, 0.1) is 12.7 Å². The number of nitrogens with zero attached hydrogens (tertiary/aromatic N) is 1. The van der Waals surface area contributed by atoms with Crippen LogP contribution >= 0.6 is 0 Å². The largest absolute Gasteiger partial charge is 0.374 e. The number of anilines is 2. The van der Waals surface area contributed by atoms with E-state index < -0.39 is 17.8 Å². The predicted octanol–water partition coefficient (Wildman–Crippen LogP) is 2.84. The van der Waals surface area contributed by atoms with Crippen molar-refractivity contribution < 1.29 is 14.0 Å². The average molecular weight is 341 g/mol. The number of nitrogens with one attached hydrogen (secondary N) is 1. The molecule has 3 rings (SSSR count). The Kier molecular flexibility index (Phi) is 4.70. The number of primary amides is 1. The van der Waals surface area contributed by atoms with Crippen molar-refractivity contribution in [1.82, 2.24) is 0 Å². The molecular weight excluding hydrogens is 321 g/mol. The number of amides is 2. The first-order chi connectivity index (χ1) is 12.0. The van der Waals surface area contributed by atoms with Crippen LogP contribution in [0.2, 0.25) is 0 Å². The van der Waals surface area contributed by atoms with Gasteiger partial charge in [0.15, 0.2) is 0 Å². The molecule has 0 spiro atoms. The number of benzene rings is 2. The van der Waals surface area contributed by atoms with Crippen LogP contribution in [0.25, 0.3) is 0 Å². The number of nitrogens with two attached hydrogens (primary N) is 1. The van der Waals surface area contributed by atoms with E-state index in [0.717, 1.165) is 12.0 Å². The minimum atomic E-state index is -0.510. The van der Waals surface area contributed by atoms with Crippen molar-refractivity contribution in [3.63, 3.8) is 0 Å². The average Bonchev–Trinajstić information content (AvgIpc) is 2.59. The molecule has 0 radical (unpaired) electrons. The second-order valence-corrected chi connectivity index (χ2v) is 6.17. The Labute approximate surface area is 145 Å². The maximum Gasteiger partial charge on any atom is 0.249 e. The van der Waals surface area contributed by atoms with E-state index in [1.807, 2.05) is 0 Å². The molecule has 130 valence electrons. The summed E-state index contributed by atoms with van der Waals surface area (Å²) in [6, 6.07) is 11.0. The van der Waals surface area contributed by atoms with Crippen molar-refractivity contribution in [2.45, 2.75) is 25.8 Å². The molecule has 0 saturated carbocycles. The van der Waals surface area contributed by atoms with Gasteiger partial charge in [-0.25, -0.2) is 4.39 Å². The van der Waals surface area contributed by atoms with Crippen molar-refractivity contribution in [3.05, 3.63) is 59.4 Å².